The highest BCUT2D eigenvalue weighted by molar-refractivity contribution is 5.84. The number of aromatic nitrogens is 1. The summed E-state index contributed by atoms with van der Waals surface area (Å²) < 4.78 is 38.1. The Morgan fingerprint density at radius 3 is 2.33 bits per heavy atom. The summed E-state index contributed by atoms with van der Waals surface area (Å²) in [6.45, 7) is 1.79. The molecule has 0 radical (unpaired) electrons. The third kappa shape index (κ3) is 4.55. The predicted octanol–water partition coefficient (Wildman–Crippen LogP) is 4.48. The molecule has 1 heterocycles. The van der Waals surface area contributed by atoms with Crippen molar-refractivity contribution in [2.24, 2.45) is 0 Å². The highest BCUT2D eigenvalue weighted by Crippen LogP contribution is 2.31. The van der Waals surface area contributed by atoms with Crippen molar-refractivity contribution < 1.29 is 23.1 Å². The first-order valence-electron chi connectivity index (χ1n) is 6.99. The van der Waals surface area contributed by atoms with E-state index in [4.69, 9.17) is 5.11 Å². The summed E-state index contributed by atoms with van der Waals surface area (Å²) in [5.74, 6) is -1.11. The van der Waals surface area contributed by atoms with Crippen LogP contribution in [-0.2, 0) is 11.0 Å². The van der Waals surface area contributed by atoms with Gasteiger partial charge in [0.2, 0.25) is 0 Å². The van der Waals surface area contributed by atoms with E-state index in [0.29, 0.717) is 11.1 Å². The number of hydrogen-bond acceptors (Lipinski definition) is 2. The van der Waals surface area contributed by atoms with Crippen LogP contribution in [0.4, 0.5) is 13.2 Å². The van der Waals surface area contributed by atoms with E-state index in [-0.39, 0.29) is 0 Å². The molecule has 0 bridgehead atoms. The van der Waals surface area contributed by atoms with Gasteiger partial charge in [0, 0.05) is 18.0 Å². The Bertz CT molecular complexity index is 791. The molecule has 124 valence electrons. The minimum absolute atomic E-state index is 0.545. The van der Waals surface area contributed by atoms with Crippen LogP contribution in [0.3, 0.4) is 0 Å². The van der Waals surface area contributed by atoms with E-state index in [1.54, 1.807) is 31.3 Å². The van der Waals surface area contributed by atoms with Gasteiger partial charge in [0.05, 0.1) is 5.56 Å². The third-order valence-corrected chi connectivity index (χ3v) is 3.23. The number of hydrogen-bond donors (Lipinski definition) is 1. The first-order valence-corrected chi connectivity index (χ1v) is 6.99. The smallest absolute Gasteiger partial charge is 0.416 e. The van der Waals surface area contributed by atoms with Gasteiger partial charge in [0.1, 0.15) is 0 Å². The lowest BCUT2D eigenvalue weighted by Gasteiger charge is -2.11. The highest BCUT2D eigenvalue weighted by Gasteiger charge is 2.30. The minimum Gasteiger partial charge on any atom is -0.478 e. The van der Waals surface area contributed by atoms with E-state index in [1.165, 1.54) is 18.2 Å². The number of benzene rings is 1. The number of alkyl halides is 3. The topological polar surface area (TPSA) is 50.2 Å². The average Bonchev–Trinajstić information content (AvgIpc) is 2.50. The number of pyridine rings is 1. The molecular formula is C18H14F3NO2. The molecule has 0 fully saturated rings. The lowest BCUT2D eigenvalue weighted by molar-refractivity contribution is -0.137. The maximum atomic E-state index is 12.7. The van der Waals surface area contributed by atoms with Gasteiger partial charge in [-0.05, 0) is 47.9 Å². The van der Waals surface area contributed by atoms with Crippen molar-refractivity contribution in [1.82, 2.24) is 4.98 Å². The molecule has 0 saturated heterocycles. The highest BCUT2D eigenvalue weighted by atomic mass is 19.4. The normalized spacial score (nSPS) is 12.6. The molecule has 24 heavy (non-hydrogen) atoms. The molecular weight excluding hydrogens is 319 g/mol. The Kier molecular flexibility index (Phi) is 5.18. The standard InChI is InChI=1S/C18H14F3NO2/c1-12-11-14(9-10-22-12)16(3-2-4-17(23)24)13-5-7-15(8-6-13)18(19,20)21/h2-11H,1H3,(H,23,24)/b4-2+,16-3+. The molecule has 0 spiro atoms. The number of carboxylic acid groups (broad SMARTS) is 1. The Balaban J connectivity index is 2.48. The lowest BCUT2D eigenvalue weighted by atomic mass is 9.96. The monoisotopic (exact) mass is 333 g/mol. The molecule has 1 N–H and O–H groups in total. The summed E-state index contributed by atoms with van der Waals surface area (Å²) in [5.41, 5.74) is 1.89. The number of rotatable bonds is 4. The van der Waals surface area contributed by atoms with Gasteiger partial charge in [-0.25, -0.2) is 4.79 Å². The fraction of sp³-hybridized carbons (Fsp3) is 0.111. The van der Waals surface area contributed by atoms with Gasteiger partial charge < -0.3 is 5.11 Å². The molecule has 0 aliphatic carbocycles. The van der Waals surface area contributed by atoms with E-state index in [2.05, 4.69) is 4.98 Å². The van der Waals surface area contributed by atoms with E-state index in [0.717, 1.165) is 29.5 Å². The van der Waals surface area contributed by atoms with Gasteiger partial charge in [-0.15, -0.1) is 0 Å². The first-order chi connectivity index (χ1) is 11.3. The Labute approximate surface area is 136 Å². The van der Waals surface area contributed by atoms with Gasteiger partial charge in [-0.3, -0.25) is 4.98 Å². The second-order valence-electron chi connectivity index (χ2n) is 5.04. The largest absolute Gasteiger partial charge is 0.478 e. The van der Waals surface area contributed by atoms with Gasteiger partial charge in [-0.2, -0.15) is 13.2 Å². The van der Waals surface area contributed by atoms with Crippen LogP contribution in [0.25, 0.3) is 5.57 Å². The van der Waals surface area contributed by atoms with Crippen LogP contribution in [0, 0.1) is 6.92 Å². The molecule has 1 aromatic carbocycles. The van der Waals surface area contributed by atoms with Gasteiger partial charge in [0.25, 0.3) is 0 Å². The van der Waals surface area contributed by atoms with E-state index in [9.17, 15) is 18.0 Å². The van der Waals surface area contributed by atoms with Crippen molar-refractivity contribution in [1.29, 1.82) is 0 Å². The fourth-order valence-corrected chi connectivity index (χ4v) is 2.14. The van der Waals surface area contributed by atoms with Crippen LogP contribution in [0.5, 0.6) is 0 Å². The second kappa shape index (κ2) is 7.12. The van der Waals surface area contributed by atoms with Crippen LogP contribution < -0.4 is 0 Å². The molecule has 0 aliphatic heterocycles. The molecule has 0 atom stereocenters. The number of halogens is 3. The van der Waals surface area contributed by atoms with Crippen LogP contribution >= 0.6 is 0 Å². The summed E-state index contributed by atoms with van der Waals surface area (Å²) in [6.07, 6.45) is 1.02. The number of aryl methyl sites for hydroxylation is 1. The number of aliphatic carboxylic acids is 1. The number of carboxylic acids is 1. The SMILES string of the molecule is Cc1cc(/C(=C/C=C/C(=O)O)c2ccc(C(F)(F)F)cc2)ccn1. The zero-order chi connectivity index (χ0) is 17.7. The summed E-state index contributed by atoms with van der Waals surface area (Å²) in [4.78, 5) is 14.7. The van der Waals surface area contributed by atoms with Crippen molar-refractivity contribution in [3.05, 3.63) is 83.2 Å². The van der Waals surface area contributed by atoms with Crippen molar-refractivity contribution in [2.75, 3.05) is 0 Å². The van der Waals surface area contributed by atoms with Gasteiger partial charge in [0.15, 0.2) is 0 Å². The van der Waals surface area contributed by atoms with Crippen molar-refractivity contribution >= 4 is 11.5 Å². The Hall–Kier alpha value is -2.89. The molecule has 0 aliphatic rings. The molecule has 6 heteroatoms. The Morgan fingerprint density at radius 2 is 1.79 bits per heavy atom. The van der Waals surface area contributed by atoms with E-state index >= 15 is 0 Å². The van der Waals surface area contributed by atoms with E-state index < -0.39 is 17.7 Å². The molecule has 0 amide bonds. The average molecular weight is 333 g/mol. The summed E-state index contributed by atoms with van der Waals surface area (Å²) in [5, 5.41) is 8.69. The van der Waals surface area contributed by atoms with Crippen LogP contribution in [0.15, 0.2) is 60.8 Å². The van der Waals surface area contributed by atoms with Crippen LogP contribution in [-0.4, -0.2) is 16.1 Å². The molecule has 2 aromatic rings. The third-order valence-electron chi connectivity index (χ3n) is 3.23. The lowest BCUT2D eigenvalue weighted by Crippen LogP contribution is -2.04. The van der Waals surface area contributed by atoms with Gasteiger partial charge in [-0.1, -0.05) is 24.3 Å². The second-order valence-corrected chi connectivity index (χ2v) is 5.04. The molecule has 3 nitrogen and oxygen atoms in total. The maximum Gasteiger partial charge on any atom is 0.416 e. The first kappa shape index (κ1) is 17.5. The molecule has 1 aromatic heterocycles. The van der Waals surface area contributed by atoms with Crippen LogP contribution in [0.2, 0.25) is 0 Å². The summed E-state index contributed by atoms with van der Waals surface area (Å²) >= 11 is 0. The van der Waals surface area contributed by atoms with Crippen molar-refractivity contribution in [3.63, 3.8) is 0 Å². The minimum atomic E-state index is -4.40. The molecule has 0 unspecified atom stereocenters. The molecule has 0 saturated carbocycles. The summed E-state index contributed by atoms with van der Waals surface area (Å²) in [6, 6.07) is 8.21. The number of nitrogens with zero attached hydrogens (tertiary/aromatic N) is 1. The maximum absolute atomic E-state index is 12.7. The van der Waals surface area contributed by atoms with Crippen molar-refractivity contribution in [3.8, 4) is 0 Å². The van der Waals surface area contributed by atoms with Crippen molar-refractivity contribution in [2.45, 2.75) is 13.1 Å². The Morgan fingerprint density at radius 1 is 1.12 bits per heavy atom. The quantitative estimate of drug-likeness (QED) is 0.663. The van der Waals surface area contributed by atoms with Gasteiger partial charge >= 0.3 is 12.1 Å². The molecule has 2 rings (SSSR count). The zero-order valence-corrected chi connectivity index (χ0v) is 12.7. The number of carbonyl (C=O) groups is 1. The van der Waals surface area contributed by atoms with E-state index in [1.807, 2.05) is 0 Å². The zero-order valence-electron chi connectivity index (χ0n) is 12.7. The van der Waals surface area contributed by atoms with Crippen LogP contribution in [0.1, 0.15) is 22.4 Å². The fourth-order valence-electron chi connectivity index (χ4n) is 2.14. The summed E-state index contributed by atoms with van der Waals surface area (Å²) in [7, 11) is 0. The predicted molar refractivity (Wildman–Crippen MR) is 84.3 cm³/mol. The number of allylic oxidation sites excluding steroid dienone is 2.